The molecule has 2 saturated heterocycles. The van der Waals surface area contributed by atoms with Gasteiger partial charge in [0.1, 0.15) is 12.3 Å². The number of benzene rings is 1. The number of carbonyl (C=O) groups excluding carboxylic acids is 2. The van der Waals surface area contributed by atoms with E-state index in [1.807, 2.05) is 30.3 Å². The monoisotopic (exact) mass is 383 g/mol. The van der Waals surface area contributed by atoms with E-state index in [-0.39, 0.29) is 30.4 Å². The minimum absolute atomic E-state index is 0.127. The lowest BCUT2D eigenvalue weighted by Gasteiger charge is -2.34. The summed E-state index contributed by atoms with van der Waals surface area (Å²) in [6, 6.07) is 11.2. The zero-order valence-corrected chi connectivity index (χ0v) is 15.9. The van der Waals surface area contributed by atoms with Crippen molar-refractivity contribution in [1.82, 2.24) is 15.0 Å². The van der Waals surface area contributed by atoms with Crippen molar-refractivity contribution in [3.63, 3.8) is 0 Å². The molecule has 1 aromatic heterocycles. The maximum Gasteiger partial charge on any atom is 0.409 e. The third-order valence-electron chi connectivity index (χ3n) is 5.44. The summed E-state index contributed by atoms with van der Waals surface area (Å²) in [6.07, 6.45) is 4.54. The molecule has 7 nitrogen and oxygen atoms in total. The van der Waals surface area contributed by atoms with Crippen LogP contribution in [0.15, 0.2) is 40.9 Å². The molecule has 3 heterocycles. The van der Waals surface area contributed by atoms with Crippen molar-refractivity contribution < 1.29 is 18.8 Å². The first-order valence-corrected chi connectivity index (χ1v) is 9.97. The van der Waals surface area contributed by atoms with E-state index in [2.05, 4.69) is 5.16 Å². The maximum atomic E-state index is 13.0. The summed E-state index contributed by atoms with van der Waals surface area (Å²) in [7, 11) is 0. The van der Waals surface area contributed by atoms with E-state index in [4.69, 9.17) is 9.26 Å². The molecule has 1 unspecified atom stereocenters. The largest absolute Gasteiger partial charge is 0.447 e. The summed E-state index contributed by atoms with van der Waals surface area (Å²) in [5.74, 6) is 0.0215. The average molecular weight is 383 g/mol. The van der Waals surface area contributed by atoms with Crippen LogP contribution in [0.1, 0.15) is 42.7 Å². The molecule has 2 aliphatic heterocycles. The fraction of sp³-hybridized carbons (Fsp3) is 0.476. The number of likely N-dealkylation sites (tertiary alicyclic amines) is 2. The lowest BCUT2D eigenvalue weighted by atomic mass is 10.0. The molecular weight excluding hydrogens is 358 g/mol. The topological polar surface area (TPSA) is 75.9 Å². The van der Waals surface area contributed by atoms with Gasteiger partial charge in [-0.15, -0.1) is 0 Å². The van der Waals surface area contributed by atoms with Gasteiger partial charge in [0.2, 0.25) is 5.76 Å². The van der Waals surface area contributed by atoms with Crippen LogP contribution in [0.4, 0.5) is 4.79 Å². The molecule has 2 amide bonds. The molecule has 1 atom stereocenters. The highest BCUT2D eigenvalue weighted by Gasteiger charge is 2.31. The van der Waals surface area contributed by atoms with E-state index < -0.39 is 0 Å². The molecule has 2 aromatic rings. The number of nitrogens with zero attached hydrogens (tertiary/aromatic N) is 3. The Labute approximate surface area is 164 Å². The summed E-state index contributed by atoms with van der Waals surface area (Å²) >= 11 is 0. The zero-order chi connectivity index (χ0) is 19.3. The molecule has 7 heteroatoms. The van der Waals surface area contributed by atoms with E-state index in [9.17, 15) is 9.59 Å². The lowest BCUT2D eigenvalue weighted by Crippen LogP contribution is -2.47. The van der Waals surface area contributed by atoms with Gasteiger partial charge in [-0.2, -0.15) is 0 Å². The standard InChI is InChI=1S/C21H25N3O4/c25-20(19-14-18(22-28-19)16-8-2-1-3-9-16)24-13-5-4-10-17(24)15-27-21(26)23-11-6-7-12-23/h1-3,8-9,14,17H,4-7,10-13,15H2. The van der Waals surface area contributed by atoms with Gasteiger partial charge in [0, 0.05) is 31.3 Å². The number of piperidine rings is 1. The van der Waals surface area contributed by atoms with Crippen LogP contribution in [0, 0.1) is 0 Å². The third kappa shape index (κ3) is 4.03. The number of hydrogen-bond acceptors (Lipinski definition) is 5. The van der Waals surface area contributed by atoms with Crippen molar-refractivity contribution in [2.24, 2.45) is 0 Å². The van der Waals surface area contributed by atoms with E-state index in [0.717, 1.165) is 50.8 Å². The highest BCUT2D eigenvalue weighted by molar-refractivity contribution is 5.92. The zero-order valence-electron chi connectivity index (χ0n) is 15.9. The van der Waals surface area contributed by atoms with Crippen LogP contribution in [0.3, 0.4) is 0 Å². The molecule has 2 fully saturated rings. The Morgan fingerprint density at radius 3 is 2.61 bits per heavy atom. The van der Waals surface area contributed by atoms with Gasteiger partial charge in [-0.3, -0.25) is 4.79 Å². The maximum absolute atomic E-state index is 13.0. The van der Waals surface area contributed by atoms with Gasteiger partial charge >= 0.3 is 6.09 Å². The van der Waals surface area contributed by atoms with Crippen molar-refractivity contribution in [3.05, 3.63) is 42.2 Å². The van der Waals surface area contributed by atoms with Crippen LogP contribution in [0.25, 0.3) is 11.3 Å². The number of aromatic nitrogens is 1. The van der Waals surface area contributed by atoms with Gasteiger partial charge in [0.15, 0.2) is 0 Å². The van der Waals surface area contributed by atoms with Gasteiger partial charge in [-0.05, 0) is 32.1 Å². The van der Waals surface area contributed by atoms with E-state index in [1.165, 1.54) is 0 Å². The summed E-state index contributed by atoms with van der Waals surface area (Å²) in [6.45, 7) is 2.37. The first kappa shape index (κ1) is 18.5. The molecule has 0 bridgehead atoms. The van der Waals surface area contributed by atoms with Crippen LogP contribution in [0.5, 0.6) is 0 Å². The number of hydrogen-bond donors (Lipinski definition) is 0. The molecule has 148 valence electrons. The molecule has 0 N–H and O–H groups in total. The SMILES string of the molecule is O=C(OCC1CCCCN1C(=O)c1cc(-c2ccccc2)no1)N1CCCC1. The predicted octanol–water partition coefficient (Wildman–Crippen LogP) is 3.57. The highest BCUT2D eigenvalue weighted by Crippen LogP contribution is 2.24. The number of carbonyl (C=O) groups is 2. The fourth-order valence-electron chi connectivity index (χ4n) is 3.86. The van der Waals surface area contributed by atoms with Crippen molar-refractivity contribution >= 4 is 12.0 Å². The normalized spacial score (nSPS) is 19.6. The van der Waals surface area contributed by atoms with Gasteiger partial charge in [-0.25, -0.2) is 4.79 Å². The Kier molecular flexibility index (Phi) is 5.60. The first-order valence-electron chi connectivity index (χ1n) is 9.97. The second-order valence-electron chi connectivity index (χ2n) is 7.36. The quantitative estimate of drug-likeness (QED) is 0.807. The van der Waals surface area contributed by atoms with Crippen LogP contribution in [0.2, 0.25) is 0 Å². The molecule has 2 aliphatic rings. The second-order valence-corrected chi connectivity index (χ2v) is 7.36. The average Bonchev–Trinajstić information content (AvgIpc) is 3.45. The fourth-order valence-corrected chi connectivity index (χ4v) is 3.86. The lowest BCUT2D eigenvalue weighted by molar-refractivity contribution is 0.0363. The Hall–Kier alpha value is -2.83. The van der Waals surface area contributed by atoms with Gasteiger partial charge in [-0.1, -0.05) is 35.5 Å². The Bertz CT molecular complexity index is 814. The van der Waals surface area contributed by atoms with Crippen LogP contribution >= 0.6 is 0 Å². The summed E-state index contributed by atoms with van der Waals surface area (Å²) in [5.41, 5.74) is 1.54. The minimum atomic E-state index is -0.276. The highest BCUT2D eigenvalue weighted by atomic mass is 16.6. The van der Waals surface area contributed by atoms with E-state index in [1.54, 1.807) is 15.9 Å². The van der Waals surface area contributed by atoms with E-state index in [0.29, 0.717) is 12.2 Å². The van der Waals surface area contributed by atoms with Crippen molar-refractivity contribution in [1.29, 1.82) is 0 Å². The van der Waals surface area contributed by atoms with Gasteiger partial charge < -0.3 is 19.1 Å². The van der Waals surface area contributed by atoms with Crippen LogP contribution in [-0.2, 0) is 4.74 Å². The van der Waals surface area contributed by atoms with Crippen molar-refractivity contribution in [3.8, 4) is 11.3 Å². The first-order chi connectivity index (χ1) is 13.7. The molecule has 28 heavy (non-hydrogen) atoms. The second kappa shape index (κ2) is 8.46. The molecule has 4 rings (SSSR count). The summed E-state index contributed by atoms with van der Waals surface area (Å²) in [5, 5.41) is 4.04. The van der Waals surface area contributed by atoms with Gasteiger partial charge in [0.25, 0.3) is 5.91 Å². The predicted molar refractivity (Wildman–Crippen MR) is 103 cm³/mol. The summed E-state index contributed by atoms with van der Waals surface area (Å²) < 4.78 is 10.8. The number of amides is 2. The molecule has 0 radical (unpaired) electrons. The van der Waals surface area contributed by atoms with Crippen LogP contribution < -0.4 is 0 Å². The van der Waals surface area contributed by atoms with E-state index >= 15 is 0 Å². The number of ether oxygens (including phenoxy) is 1. The van der Waals surface area contributed by atoms with Crippen LogP contribution in [-0.4, -0.2) is 59.2 Å². The number of rotatable bonds is 4. The summed E-state index contributed by atoms with van der Waals surface area (Å²) in [4.78, 5) is 28.7. The molecule has 1 aromatic carbocycles. The third-order valence-corrected chi connectivity index (χ3v) is 5.44. The smallest absolute Gasteiger partial charge is 0.409 e. The molecular formula is C21H25N3O4. The Morgan fingerprint density at radius 1 is 1.07 bits per heavy atom. The molecule has 0 spiro atoms. The Balaban J connectivity index is 1.41. The van der Waals surface area contributed by atoms with Gasteiger partial charge in [0.05, 0.1) is 6.04 Å². The molecule has 0 saturated carbocycles. The minimum Gasteiger partial charge on any atom is -0.447 e. The Morgan fingerprint density at radius 2 is 1.82 bits per heavy atom. The van der Waals surface area contributed by atoms with Crippen molar-refractivity contribution in [2.75, 3.05) is 26.2 Å². The van der Waals surface area contributed by atoms with Crippen molar-refractivity contribution in [2.45, 2.75) is 38.1 Å². The molecule has 0 aliphatic carbocycles.